The molecule has 0 aromatic heterocycles. The number of benzene rings is 2. The van der Waals surface area contributed by atoms with Gasteiger partial charge < -0.3 is 5.32 Å². The number of hydrogen-bond acceptors (Lipinski definition) is 1. The van der Waals surface area contributed by atoms with Crippen LogP contribution in [-0.2, 0) is 6.42 Å². The standard InChI is InChI=1S/C18H19N/c1-2-6-13(7-3-1)16-12-18(16)19-17-11-10-14-8-4-5-9-15(14)17/h1-9,16-19H,10-12H2. The van der Waals surface area contributed by atoms with E-state index in [1.54, 1.807) is 0 Å². The van der Waals surface area contributed by atoms with Crippen LogP contribution < -0.4 is 5.32 Å². The summed E-state index contributed by atoms with van der Waals surface area (Å²) < 4.78 is 0. The first-order valence-corrected chi connectivity index (χ1v) is 7.30. The second kappa shape index (κ2) is 4.50. The molecule has 0 aliphatic heterocycles. The highest BCUT2D eigenvalue weighted by molar-refractivity contribution is 5.35. The van der Waals surface area contributed by atoms with Crippen LogP contribution in [-0.4, -0.2) is 6.04 Å². The van der Waals surface area contributed by atoms with Crippen molar-refractivity contribution in [1.82, 2.24) is 5.32 Å². The van der Waals surface area contributed by atoms with E-state index in [4.69, 9.17) is 0 Å². The van der Waals surface area contributed by atoms with Crippen LogP contribution >= 0.6 is 0 Å². The van der Waals surface area contributed by atoms with Gasteiger partial charge in [0.15, 0.2) is 0 Å². The van der Waals surface area contributed by atoms with Crippen LogP contribution in [0.15, 0.2) is 54.6 Å². The van der Waals surface area contributed by atoms with Gasteiger partial charge in [-0.2, -0.15) is 0 Å². The van der Waals surface area contributed by atoms with E-state index in [-0.39, 0.29) is 0 Å². The van der Waals surface area contributed by atoms with Crippen molar-refractivity contribution in [1.29, 1.82) is 0 Å². The van der Waals surface area contributed by atoms with Crippen LogP contribution in [0.25, 0.3) is 0 Å². The Morgan fingerprint density at radius 1 is 0.895 bits per heavy atom. The fourth-order valence-corrected chi connectivity index (χ4v) is 3.44. The molecule has 2 aliphatic rings. The third-order valence-electron chi connectivity index (χ3n) is 4.57. The Balaban J connectivity index is 1.45. The summed E-state index contributed by atoms with van der Waals surface area (Å²) in [7, 11) is 0. The van der Waals surface area contributed by atoms with Crippen molar-refractivity contribution in [3.8, 4) is 0 Å². The van der Waals surface area contributed by atoms with E-state index in [0.29, 0.717) is 12.1 Å². The monoisotopic (exact) mass is 249 g/mol. The molecule has 4 rings (SSSR count). The molecule has 19 heavy (non-hydrogen) atoms. The van der Waals surface area contributed by atoms with Crippen LogP contribution in [0.1, 0.15) is 41.5 Å². The fraction of sp³-hybridized carbons (Fsp3) is 0.333. The van der Waals surface area contributed by atoms with Crippen LogP contribution in [0.4, 0.5) is 0 Å². The fourth-order valence-electron chi connectivity index (χ4n) is 3.44. The van der Waals surface area contributed by atoms with Gasteiger partial charge >= 0.3 is 0 Å². The van der Waals surface area contributed by atoms with Gasteiger partial charge in [-0.1, -0.05) is 54.6 Å². The molecule has 0 amide bonds. The Morgan fingerprint density at radius 2 is 1.68 bits per heavy atom. The maximum Gasteiger partial charge on any atom is 0.0328 e. The van der Waals surface area contributed by atoms with Gasteiger partial charge in [-0.3, -0.25) is 0 Å². The molecule has 0 spiro atoms. The molecule has 1 nitrogen and oxygen atoms in total. The summed E-state index contributed by atoms with van der Waals surface area (Å²) in [5.74, 6) is 0.731. The van der Waals surface area contributed by atoms with Crippen molar-refractivity contribution in [2.45, 2.75) is 37.3 Å². The van der Waals surface area contributed by atoms with Crippen molar-refractivity contribution in [3.63, 3.8) is 0 Å². The van der Waals surface area contributed by atoms with Gasteiger partial charge in [0.2, 0.25) is 0 Å². The summed E-state index contributed by atoms with van der Waals surface area (Å²) in [5.41, 5.74) is 4.56. The lowest BCUT2D eigenvalue weighted by Crippen LogP contribution is -2.22. The van der Waals surface area contributed by atoms with E-state index in [0.717, 1.165) is 5.92 Å². The average molecular weight is 249 g/mol. The van der Waals surface area contributed by atoms with Crippen molar-refractivity contribution in [3.05, 3.63) is 71.3 Å². The maximum absolute atomic E-state index is 3.86. The molecular formula is C18H19N. The zero-order chi connectivity index (χ0) is 12.7. The van der Waals surface area contributed by atoms with Gasteiger partial charge in [-0.15, -0.1) is 0 Å². The molecule has 1 saturated carbocycles. The van der Waals surface area contributed by atoms with Gasteiger partial charge in [-0.25, -0.2) is 0 Å². The Labute approximate surface area is 114 Å². The zero-order valence-electron chi connectivity index (χ0n) is 11.0. The van der Waals surface area contributed by atoms with E-state index in [1.807, 2.05) is 0 Å². The molecule has 3 atom stereocenters. The van der Waals surface area contributed by atoms with Crippen LogP contribution in [0.3, 0.4) is 0 Å². The second-order valence-electron chi connectivity index (χ2n) is 5.82. The largest absolute Gasteiger partial charge is 0.307 e. The molecule has 3 unspecified atom stereocenters. The van der Waals surface area contributed by atoms with Crippen LogP contribution in [0.5, 0.6) is 0 Å². The minimum absolute atomic E-state index is 0.579. The Morgan fingerprint density at radius 3 is 2.58 bits per heavy atom. The highest BCUT2D eigenvalue weighted by atomic mass is 15.0. The summed E-state index contributed by atoms with van der Waals surface area (Å²) in [6, 6.07) is 21.1. The molecule has 1 heteroatoms. The first-order chi connectivity index (χ1) is 9.42. The van der Waals surface area contributed by atoms with E-state index in [9.17, 15) is 0 Å². The Kier molecular flexibility index (Phi) is 2.66. The lowest BCUT2D eigenvalue weighted by atomic mass is 10.1. The highest BCUT2D eigenvalue weighted by Gasteiger charge is 2.40. The van der Waals surface area contributed by atoms with E-state index in [1.165, 1.54) is 36.0 Å². The molecule has 0 heterocycles. The third kappa shape index (κ3) is 2.08. The SMILES string of the molecule is c1ccc(C2CC2NC2CCc3ccccc32)cc1. The zero-order valence-corrected chi connectivity index (χ0v) is 11.0. The molecule has 0 radical (unpaired) electrons. The summed E-state index contributed by atoms with van der Waals surface area (Å²) in [4.78, 5) is 0. The van der Waals surface area contributed by atoms with E-state index >= 15 is 0 Å². The van der Waals surface area contributed by atoms with Gasteiger partial charge in [-0.05, 0) is 36.0 Å². The smallest absolute Gasteiger partial charge is 0.0328 e. The number of rotatable bonds is 3. The van der Waals surface area contributed by atoms with Crippen molar-refractivity contribution in [2.75, 3.05) is 0 Å². The van der Waals surface area contributed by atoms with Crippen molar-refractivity contribution in [2.24, 2.45) is 0 Å². The maximum atomic E-state index is 3.86. The summed E-state index contributed by atoms with van der Waals surface area (Å²) in [6.45, 7) is 0. The number of nitrogens with one attached hydrogen (secondary N) is 1. The van der Waals surface area contributed by atoms with Crippen molar-refractivity contribution >= 4 is 0 Å². The minimum Gasteiger partial charge on any atom is -0.307 e. The molecule has 1 N–H and O–H groups in total. The summed E-state index contributed by atoms with van der Waals surface area (Å²) >= 11 is 0. The number of aryl methyl sites for hydroxylation is 1. The highest BCUT2D eigenvalue weighted by Crippen LogP contribution is 2.43. The van der Waals surface area contributed by atoms with Crippen molar-refractivity contribution < 1.29 is 0 Å². The molecule has 2 aromatic rings. The van der Waals surface area contributed by atoms with Crippen LogP contribution in [0.2, 0.25) is 0 Å². The third-order valence-corrected chi connectivity index (χ3v) is 4.57. The predicted octanol–water partition coefficient (Wildman–Crippen LogP) is 3.82. The van der Waals surface area contributed by atoms with Gasteiger partial charge in [0.25, 0.3) is 0 Å². The molecule has 2 aromatic carbocycles. The summed E-state index contributed by atoms with van der Waals surface area (Å²) in [5, 5.41) is 3.86. The minimum atomic E-state index is 0.579. The lowest BCUT2D eigenvalue weighted by Gasteiger charge is -2.14. The number of fused-ring (bicyclic) bond motifs is 1. The Hall–Kier alpha value is -1.60. The first-order valence-electron chi connectivity index (χ1n) is 7.30. The van der Waals surface area contributed by atoms with E-state index in [2.05, 4.69) is 59.9 Å². The normalized spacial score (nSPS) is 28.1. The number of hydrogen-bond donors (Lipinski definition) is 1. The molecular weight excluding hydrogens is 230 g/mol. The quantitative estimate of drug-likeness (QED) is 0.872. The molecule has 2 aliphatic carbocycles. The topological polar surface area (TPSA) is 12.0 Å². The Bertz CT molecular complexity index is 575. The molecule has 96 valence electrons. The molecule has 0 saturated heterocycles. The summed E-state index contributed by atoms with van der Waals surface area (Å²) in [6.07, 6.45) is 3.79. The van der Waals surface area contributed by atoms with E-state index < -0.39 is 0 Å². The van der Waals surface area contributed by atoms with Gasteiger partial charge in [0.05, 0.1) is 0 Å². The molecule has 0 bridgehead atoms. The average Bonchev–Trinajstić information content (AvgIpc) is 3.13. The van der Waals surface area contributed by atoms with Gasteiger partial charge in [0, 0.05) is 18.0 Å². The second-order valence-corrected chi connectivity index (χ2v) is 5.82. The first kappa shape index (κ1) is 11.2. The lowest BCUT2D eigenvalue weighted by molar-refractivity contribution is 0.521. The van der Waals surface area contributed by atoms with Crippen LogP contribution in [0, 0.1) is 0 Å². The predicted molar refractivity (Wildman–Crippen MR) is 78.2 cm³/mol. The molecule has 1 fully saturated rings. The van der Waals surface area contributed by atoms with Gasteiger partial charge in [0.1, 0.15) is 0 Å².